The van der Waals surface area contributed by atoms with Crippen molar-refractivity contribution in [1.82, 2.24) is 4.90 Å². The van der Waals surface area contributed by atoms with Crippen molar-refractivity contribution >= 4 is 23.9 Å². The quantitative estimate of drug-likeness (QED) is 0.672. The lowest BCUT2D eigenvalue weighted by Crippen LogP contribution is -2.46. The second kappa shape index (κ2) is 9.79. The van der Waals surface area contributed by atoms with Gasteiger partial charge in [-0.15, -0.1) is 12.4 Å². The number of ether oxygens (including phenoxy) is 2. The predicted molar refractivity (Wildman–Crippen MR) is 124 cm³/mol. The minimum Gasteiger partial charge on any atom is -0.507 e. The van der Waals surface area contributed by atoms with Crippen molar-refractivity contribution in [3.8, 4) is 17.2 Å². The summed E-state index contributed by atoms with van der Waals surface area (Å²) in [5.74, 6) is 0.772. The number of hydrogen-bond donors (Lipinski definition) is 1. The molecule has 2 heterocycles. The Morgan fingerprint density at radius 3 is 2.52 bits per heavy atom. The van der Waals surface area contributed by atoms with E-state index in [1.54, 1.807) is 6.07 Å². The number of halogens is 1. The number of phenolic OH excluding ortho intramolecular Hbond substituents is 1. The fraction of sp³-hybridized carbons (Fsp3) is 0.458. The molecule has 2 aliphatic heterocycles. The smallest absolute Gasteiger partial charge is 0.174 e. The molecular weight excluding hydrogens is 416 g/mol. The summed E-state index contributed by atoms with van der Waals surface area (Å²) in [5, 5.41) is 10.3. The van der Waals surface area contributed by atoms with Crippen LogP contribution in [0.5, 0.6) is 17.2 Å². The summed E-state index contributed by atoms with van der Waals surface area (Å²) in [5.41, 5.74) is 0.978. The Morgan fingerprint density at radius 1 is 1.10 bits per heavy atom. The standard InChI is InChI=1S/C24H30N2O4.ClH/c1-24(2)17-21(28)23-20(27)15-19(16-22(23)30-24)29-14-6-9-25-10-12-26(13-11-25)18-7-4-3-5-8-18;/h3-5,7-8,15-16,27H,6,9-14,17H2,1-2H3;1H. The molecule has 0 spiro atoms. The first-order chi connectivity index (χ1) is 14.4. The molecule has 0 aliphatic carbocycles. The number of carbonyl (C=O) groups is 1. The van der Waals surface area contributed by atoms with E-state index in [2.05, 4.69) is 34.1 Å². The van der Waals surface area contributed by atoms with E-state index >= 15 is 0 Å². The molecule has 2 aromatic rings. The largest absolute Gasteiger partial charge is 0.507 e. The number of piperazine rings is 1. The van der Waals surface area contributed by atoms with Crippen molar-refractivity contribution in [2.45, 2.75) is 32.3 Å². The molecule has 0 radical (unpaired) electrons. The van der Waals surface area contributed by atoms with Crippen molar-refractivity contribution in [2.24, 2.45) is 0 Å². The third kappa shape index (κ3) is 5.63. The maximum absolute atomic E-state index is 12.3. The highest BCUT2D eigenvalue weighted by atomic mass is 35.5. The topological polar surface area (TPSA) is 62.2 Å². The number of nitrogens with zero attached hydrogens (tertiary/aromatic N) is 2. The van der Waals surface area contributed by atoms with Crippen LogP contribution in [0, 0.1) is 0 Å². The number of aromatic hydroxyl groups is 1. The second-order valence-electron chi connectivity index (χ2n) is 8.64. The van der Waals surface area contributed by atoms with Crippen LogP contribution in [-0.4, -0.2) is 60.7 Å². The fourth-order valence-electron chi connectivity index (χ4n) is 4.18. The van der Waals surface area contributed by atoms with E-state index in [-0.39, 0.29) is 35.9 Å². The molecule has 1 fully saturated rings. The number of anilines is 1. The molecule has 2 aromatic carbocycles. The van der Waals surface area contributed by atoms with Crippen LogP contribution in [0.15, 0.2) is 42.5 Å². The normalized spacial score (nSPS) is 18.0. The van der Waals surface area contributed by atoms with Crippen molar-refractivity contribution in [3.63, 3.8) is 0 Å². The number of ketones is 1. The molecule has 0 saturated carbocycles. The Hall–Kier alpha value is -2.44. The Balaban J connectivity index is 0.00000272. The fourth-order valence-corrected chi connectivity index (χ4v) is 4.18. The van der Waals surface area contributed by atoms with E-state index in [0.29, 0.717) is 18.1 Å². The number of phenols is 1. The van der Waals surface area contributed by atoms with Gasteiger partial charge in [0.25, 0.3) is 0 Å². The van der Waals surface area contributed by atoms with Crippen LogP contribution in [0.2, 0.25) is 0 Å². The molecule has 0 aromatic heterocycles. The van der Waals surface area contributed by atoms with E-state index in [1.165, 1.54) is 11.8 Å². The van der Waals surface area contributed by atoms with Gasteiger partial charge in [0.05, 0.1) is 13.0 Å². The zero-order valence-corrected chi connectivity index (χ0v) is 19.0. The van der Waals surface area contributed by atoms with Gasteiger partial charge in [-0.25, -0.2) is 0 Å². The second-order valence-corrected chi connectivity index (χ2v) is 8.64. The highest BCUT2D eigenvalue weighted by molar-refractivity contribution is 6.03. The van der Waals surface area contributed by atoms with Crippen LogP contribution in [0.4, 0.5) is 5.69 Å². The Labute approximate surface area is 190 Å². The summed E-state index contributed by atoms with van der Waals surface area (Å²) in [6, 6.07) is 13.8. The molecule has 1 N–H and O–H groups in total. The monoisotopic (exact) mass is 446 g/mol. The van der Waals surface area contributed by atoms with Crippen LogP contribution >= 0.6 is 12.4 Å². The van der Waals surface area contributed by atoms with Crippen LogP contribution in [0.1, 0.15) is 37.0 Å². The minimum atomic E-state index is -0.572. The van der Waals surface area contributed by atoms with E-state index in [0.717, 1.165) is 39.1 Å². The van der Waals surface area contributed by atoms with Crippen molar-refractivity contribution in [2.75, 3.05) is 44.2 Å². The van der Waals surface area contributed by atoms with Gasteiger partial charge in [-0.3, -0.25) is 9.69 Å². The first-order valence-electron chi connectivity index (χ1n) is 10.7. The summed E-state index contributed by atoms with van der Waals surface area (Å²) < 4.78 is 11.7. The van der Waals surface area contributed by atoms with Gasteiger partial charge in [-0.1, -0.05) is 18.2 Å². The van der Waals surface area contributed by atoms with E-state index in [1.807, 2.05) is 19.9 Å². The lowest BCUT2D eigenvalue weighted by Gasteiger charge is -2.36. The van der Waals surface area contributed by atoms with Crippen LogP contribution in [0.25, 0.3) is 0 Å². The highest BCUT2D eigenvalue weighted by Crippen LogP contribution is 2.40. The van der Waals surface area contributed by atoms with Crippen molar-refractivity contribution < 1.29 is 19.4 Å². The molecule has 2 aliphatic rings. The summed E-state index contributed by atoms with van der Waals surface area (Å²) in [6.07, 6.45) is 1.15. The summed E-state index contributed by atoms with van der Waals surface area (Å²) >= 11 is 0. The zero-order valence-electron chi connectivity index (χ0n) is 18.2. The molecule has 168 valence electrons. The summed E-state index contributed by atoms with van der Waals surface area (Å²) in [7, 11) is 0. The molecule has 7 heteroatoms. The molecule has 6 nitrogen and oxygen atoms in total. The van der Waals surface area contributed by atoms with Crippen LogP contribution in [0.3, 0.4) is 0 Å². The van der Waals surface area contributed by atoms with E-state index in [9.17, 15) is 9.90 Å². The lowest BCUT2D eigenvalue weighted by atomic mass is 9.92. The Bertz CT molecular complexity index is 896. The Kier molecular flexibility index (Phi) is 7.34. The van der Waals surface area contributed by atoms with Crippen LogP contribution in [-0.2, 0) is 0 Å². The average molecular weight is 447 g/mol. The third-order valence-electron chi connectivity index (χ3n) is 5.69. The molecular formula is C24H31ClN2O4. The van der Waals surface area contributed by atoms with Gasteiger partial charge in [-0.2, -0.15) is 0 Å². The number of benzene rings is 2. The van der Waals surface area contributed by atoms with Gasteiger partial charge < -0.3 is 19.5 Å². The molecule has 4 rings (SSSR count). The summed E-state index contributed by atoms with van der Waals surface area (Å²) in [6.45, 7) is 9.41. The summed E-state index contributed by atoms with van der Waals surface area (Å²) in [4.78, 5) is 17.2. The number of carbonyl (C=O) groups excluding carboxylic acids is 1. The SMILES string of the molecule is CC1(C)CC(=O)c2c(O)cc(OCCCN3CCN(c4ccccc4)CC3)cc2O1.Cl. The van der Waals surface area contributed by atoms with Gasteiger partial charge in [0, 0.05) is 50.5 Å². The molecule has 1 saturated heterocycles. The molecule has 0 amide bonds. The van der Waals surface area contributed by atoms with Crippen molar-refractivity contribution in [1.29, 1.82) is 0 Å². The first kappa shape index (κ1) is 23.2. The number of para-hydroxylation sites is 1. The highest BCUT2D eigenvalue weighted by Gasteiger charge is 2.34. The number of rotatable bonds is 6. The van der Waals surface area contributed by atoms with Crippen LogP contribution < -0.4 is 14.4 Å². The molecule has 0 bridgehead atoms. The number of fused-ring (bicyclic) bond motifs is 1. The average Bonchev–Trinajstić information content (AvgIpc) is 2.71. The van der Waals surface area contributed by atoms with Gasteiger partial charge in [-0.05, 0) is 32.4 Å². The molecule has 0 unspecified atom stereocenters. The predicted octanol–water partition coefficient (Wildman–Crippen LogP) is 4.15. The maximum atomic E-state index is 12.3. The van der Waals surface area contributed by atoms with Gasteiger partial charge in [0.15, 0.2) is 5.78 Å². The van der Waals surface area contributed by atoms with Crippen molar-refractivity contribution in [3.05, 3.63) is 48.0 Å². The van der Waals surface area contributed by atoms with Gasteiger partial charge in [0.2, 0.25) is 0 Å². The van der Waals surface area contributed by atoms with E-state index in [4.69, 9.17) is 9.47 Å². The van der Waals surface area contributed by atoms with E-state index < -0.39 is 5.60 Å². The van der Waals surface area contributed by atoms with Gasteiger partial charge in [0.1, 0.15) is 28.4 Å². The third-order valence-corrected chi connectivity index (χ3v) is 5.69. The van der Waals surface area contributed by atoms with Gasteiger partial charge >= 0.3 is 0 Å². The Morgan fingerprint density at radius 2 is 1.81 bits per heavy atom. The lowest BCUT2D eigenvalue weighted by molar-refractivity contribution is 0.0612. The molecule has 31 heavy (non-hydrogen) atoms. The minimum absolute atomic E-state index is 0. The number of hydrogen-bond acceptors (Lipinski definition) is 6. The zero-order chi connectivity index (χ0) is 21.1. The first-order valence-corrected chi connectivity index (χ1v) is 10.7. The maximum Gasteiger partial charge on any atom is 0.174 e. The molecule has 0 atom stereocenters. The number of Topliss-reactive ketones (excluding diaryl/α,β-unsaturated/α-hetero) is 1.